The van der Waals surface area contributed by atoms with Crippen LogP contribution in [0.5, 0.6) is 0 Å². The number of amides is 1. The predicted molar refractivity (Wildman–Crippen MR) is 73.4 cm³/mol. The number of H-pyrrole nitrogens is 1. The summed E-state index contributed by atoms with van der Waals surface area (Å²) in [5.41, 5.74) is 6.77. The molecule has 0 bridgehead atoms. The van der Waals surface area contributed by atoms with Gasteiger partial charge in [-0.2, -0.15) is 5.10 Å². The van der Waals surface area contributed by atoms with E-state index in [-0.39, 0.29) is 11.3 Å². The molecule has 1 aromatic heterocycles. The number of nitrogens with zero attached hydrogens (tertiary/aromatic N) is 1. The fraction of sp³-hybridized carbons (Fsp3) is 0.692. The Morgan fingerprint density at radius 1 is 1.56 bits per heavy atom. The standard InChI is InChI=1S/C13H24N4O/c1-5-6-7-9(14)12(18)15-11-8-10(16-17-11)13(2,3)4/h8-9H,5-7,14H2,1-4H3,(H2,15,16,17,18)/t9-/m0/s1. The second-order valence-corrected chi connectivity index (χ2v) is 5.65. The van der Waals surface area contributed by atoms with E-state index in [0.717, 1.165) is 18.5 Å². The molecule has 0 aromatic carbocycles. The minimum atomic E-state index is -0.459. The van der Waals surface area contributed by atoms with Gasteiger partial charge in [0.2, 0.25) is 5.91 Å². The lowest BCUT2D eigenvalue weighted by Crippen LogP contribution is -2.35. The Morgan fingerprint density at radius 2 is 2.22 bits per heavy atom. The van der Waals surface area contributed by atoms with Crippen LogP contribution in [-0.2, 0) is 10.2 Å². The number of anilines is 1. The third kappa shape index (κ3) is 4.14. The summed E-state index contributed by atoms with van der Waals surface area (Å²) in [4.78, 5) is 11.8. The second-order valence-electron chi connectivity index (χ2n) is 5.65. The molecular weight excluding hydrogens is 228 g/mol. The number of nitrogens with two attached hydrogens (primary N) is 1. The van der Waals surface area contributed by atoms with Gasteiger partial charge in [0, 0.05) is 17.2 Å². The Hall–Kier alpha value is -1.36. The van der Waals surface area contributed by atoms with Gasteiger partial charge in [0.05, 0.1) is 6.04 Å². The Kier molecular flexibility index (Phi) is 4.90. The van der Waals surface area contributed by atoms with E-state index in [1.165, 1.54) is 0 Å². The molecule has 0 saturated heterocycles. The molecule has 1 rings (SSSR count). The maximum Gasteiger partial charge on any atom is 0.242 e. The minimum Gasteiger partial charge on any atom is -0.320 e. The lowest BCUT2D eigenvalue weighted by Gasteiger charge is -2.14. The zero-order valence-electron chi connectivity index (χ0n) is 11.7. The van der Waals surface area contributed by atoms with Gasteiger partial charge in [0.15, 0.2) is 5.82 Å². The van der Waals surface area contributed by atoms with E-state index in [0.29, 0.717) is 12.2 Å². The van der Waals surface area contributed by atoms with E-state index in [1.807, 2.05) is 6.07 Å². The average molecular weight is 252 g/mol. The minimum absolute atomic E-state index is 0.0136. The maximum atomic E-state index is 11.8. The van der Waals surface area contributed by atoms with Crippen LogP contribution in [0.3, 0.4) is 0 Å². The number of rotatable bonds is 5. The van der Waals surface area contributed by atoms with Gasteiger partial charge in [0.25, 0.3) is 0 Å². The molecule has 0 fully saturated rings. The molecule has 5 nitrogen and oxygen atoms in total. The molecule has 0 unspecified atom stereocenters. The summed E-state index contributed by atoms with van der Waals surface area (Å²) in [7, 11) is 0. The van der Waals surface area contributed by atoms with E-state index >= 15 is 0 Å². The smallest absolute Gasteiger partial charge is 0.242 e. The molecule has 0 aliphatic carbocycles. The van der Waals surface area contributed by atoms with Crippen LogP contribution < -0.4 is 11.1 Å². The number of nitrogens with one attached hydrogen (secondary N) is 2. The first-order valence-electron chi connectivity index (χ1n) is 6.47. The van der Waals surface area contributed by atoms with Gasteiger partial charge in [0.1, 0.15) is 0 Å². The van der Waals surface area contributed by atoms with E-state index in [2.05, 4.69) is 43.2 Å². The van der Waals surface area contributed by atoms with Gasteiger partial charge in [-0.1, -0.05) is 40.5 Å². The molecule has 1 amide bonds. The Bertz CT molecular complexity index is 392. The van der Waals surface area contributed by atoms with Crippen LogP contribution in [-0.4, -0.2) is 22.1 Å². The second kappa shape index (κ2) is 6.00. The van der Waals surface area contributed by atoms with Crippen molar-refractivity contribution in [2.45, 2.75) is 58.4 Å². The summed E-state index contributed by atoms with van der Waals surface area (Å²) in [5.74, 6) is 0.368. The zero-order valence-corrected chi connectivity index (χ0v) is 11.7. The quantitative estimate of drug-likeness (QED) is 0.751. The lowest BCUT2D eigenvalue weighted by atomic mass is 9.92. The van der Waals surface area contributed by atoms with Crippen molar-refractivity contribution in [3.05, 3.63) is 11.8 Å². The van der Waals surface area contributed by atoms with Crippen molar-refractivity contribution >= 4 is 11.7 Å². The molecule has 5 heteroatoms. The van der Waals surface area contributed by atoms with E-state index in [1.54, 1.807) is 0 Å². The van der Waals surface area contributed by atoms with Crippen molar-refractivity contribution in [3.8, 4) is 0 Å². The Morgan fingerprint density at radius 3 is 2.72 bits per heavy atom. The van der Waals surface area contributed by atoms with Gasteiger partial charge >= 0.3 is 0 Å². The van der Waals surface area contributed by atoms with Crippen molar-refractivity contribution in [2.24, 2.45) is 5.73 Å². The van der Waals surface area contributed by atoms with Crippen LogP contribution in [0.1, 0.15) is 52.7 Å². The van der Waals surface area contributed by atoms with E-state index < -0.39 is 6.04 Å². The summed E-state index contributed by atoms with van der Waals surface area (Å²) in [6.45, 7) is 8.32. The molecule has 1 atom stereocenters. The number of carbonyl (C=O) groups excluding carboxylic acids is 1. The fourth-order valence-electron chi connectivity index (χ4n) is 1.54. The highest BCUT2D eigenvalue weighted by atomic mass is 16.2. The molecule has 0 aliphatic heterocycles. The van der Waals surface area contributed by atoms with Crippen molar-refractivity contribution in [1.29, 1.82) is 0 Å². The zero-order chi connectivity index (χ0) is 13.8. The largest absolute Gasteiger partial charge is 0.320 e. The normalized spacial score (nSPS) is 13.4. The number of hydrogen-bond acceptors (Lipinski definition) is 3. The summed E-state index contributed by atoms with van der Waals surface area (Å²) >= 11 is 0. The third-order valence-corrected chi connectivity index (χ3v) is 2.84. The molecule has 1 heterocycles. The van der Waals surface area contributed by atoms with Crippen LogP contribution in [0.4, 0.5) is 5.82 Å². The number of aromatic amines is 1. The van der Waals surface area contributed by atoms with Gasteiger partial charge in [-0.15, -0.1) is 0 Å². The SMILES string of the molecule is CCCC[C@H](N)C(=O)Nc1cc(C(C)(C)C)[nH]n1. The van der Waals surface area contributed by atoms with Crippen LogP contribution in [0.15, 0.2) is 6.07 Å². The van der Waals surface area contributed by atoms with Crippen molar-refractivity contribution in [3.63, 3.8) is 0 Å². The molecular formula is C13H24N4O. The molecule has 0 saturated carbocycles. The van der Waals surface area contributed by atoms with E-state index in [4.69, 9.17) is 5.73 Å². The van der Waals surface area contributed by atoms with Crippen molar-refractivity contribution in [2.75, 3.05) is 5.32 Å². The molecule has 0 radical (unpaired) electrons. The van der Waals surface area contributed by atoms with Crippen molar-refractivity contribution in [1.82, 2.24) is 10.2 Å². The predicted octanol–water partition coefficient (Wildman–Crippen LogP) is 2.16. The molecule has 1 aromatic rings. The van der Waals surface area contributed by atoms with Gasteiger partial charge in [-0.25, -0.2) is 0 Å². The number of carbonyl (C=O) groups is 1. The number of aromatic nitrogens is 2. The summed E-state index contributed by atoms with van der Waals surface area (Å²) in [6, 6.07) is 1.39. The van der Waals surface area contributed by atoms with Gasteiger partial charge in [-0.05, 0) is 6.42 Å². The first-order chi connectivity index (χ1) is 8.34. The fourth-order valence-corrected chi connectivity index (χ4v) is 1.54. The van der Waals surface area contributed by atoms with E-state index in [9.17, 15) is 4.79 Å². The summed E-state index contributed by atoms with van der Waals surface area (Å²) in [5, 5.41) is 9.74. The van der Waals surface area contributed by atoms with Crippen LogP contribution in [0.2, 0.25) is 0 Å². The van der Waals surface area contributed by atoms with Crippen LogP contribution in [0.25, 0.3) is 0 Å². The molecule has 0 spiro atoms. The third-order valence-electron chi connectivity index (χ3n) is 2.84. The topological polar surface area (TPSA) is 83.8 Å². The maximum absolute atomic E-state index is 11.8. The molecule has 4 N–H and O–H groups in total. The first-order valence-corrected chi connectivity index (χ1v) is 6.47. The summed E-state index contributed by atoms with van der Waals surface area (Å²) < 4.78 is 0. The lowest BCUT2D eigenvalue weighted by molar-refractivity contribution is -0.117. The summed E-state index contributed by atoms with van der Waals surface area (Å²) in [6.07, 6.45) is 2.71. The van der Waals surface area contributed by atoms with Crippen LogP contribution in [0, 0.1) is 0 Å². The highest BCUT2D eigenvalue weighted by Crippen LogP contribution is 2.21. The first kappa shape index (κ1) is 14.7. The highest BCUT2D eigenvalue weighted by molar-refractivity contribution is 5.93. The highest BCUT2D eigenvalue weighted by Gasteiger charge is 2.19. The van der Waals surface area contributed by atoms with Crippen molar-refractivity contribution < 1.29 is 4.79 Å². The Balaban J connectivity index is 2.57. The monoisotopic (exact) mass is 252 g/mol. The van der Waals surface area contributed by atoms with Gasteiger partial charge in [-0.3, -0.25) is 9.89 Å². The van der Waals surface area contributed by atoms with Gasteiger partial charge < -0.3 is 11.1 Å². The van der Waals surface area contributed by atoms with Crippen LogP contribution >= 0.6 is 0 Å². The molecule has 0 aliphatic rings. The number of unbranched alkanes of at least 4 members (excludes halogenated alkanes) is 1. The molecule has 18 heavy (non-hydrogen) atoms. The Labute approximate surface area is 109 Å². The molecule has 102 valence electrons. The average Bonchev–Trinajstić information content (AvgIpc) is 2.73. The number of hydrogen-bond donors (Lipinski definition) is 3.